The summed E-state index contributed by atoms with van der Waals surface area (Å²) in [5, 5.41) is 5.85. The molecule has 2 aromatic rings. The molecule has 2 rings (SSSR count). The van der Waals surface area contributed by atoms with E-state index in [4.69, 9.17) is 4.74 Å². The fourth-order valence-corrected chi connectivity index (χ4v) is 2.66. The van der Waals surface area contributed by atoms with Crippen LogP contribution in [0.15, 0.2) is 40.9 Å². The second-order valence-corrected chi connectivity index (χ2v) is 6.37. The Balaban J connectivity index is 2.01. The van der Waals surface area contributed by atoms with Gasteiger partial charge in [0.2, 0.25) is 0 Å². The van der Waals surface area contributed by atoms with Crippen molar-refractivity contribution in [1.29, 1.82) is 0 Å². The van der Waals surface area contributed by atoms with Crippen molar-refractivity contribution in [2.75, 3.05) is 13.2 Å². The third kappa shape index (κ3) is 3.97. The number of ether oxygens (including phenoxy) is 1. The summed E-state index contributed by atoms with van der Waals surface area (Å²) in [5.74, 6) is 1.40. The summed E-state index contributed by atoms with van der Waals surface area (Å²) in [6.07, 6.45) is 0. The van der Waals surface area contributed by atoms with Crippen LogP contribution in [0, 0.1) is 5.92 Å². The van der Waals surface area contributed by atoms with Crippen molar-refractivity contribution in [2.24, 2.45) is 5.92 Å². The zero-order chi connectivity index (χ0) is 14.5. The van der Waals surface area contributed by atoms with Gasteiger partial charge in [0.1, 0.15) is 5.75 Å². The van der Waals surface area contributed by atoms with Gasteiger partial charge in [0.25, 0.3) is 0 Å². The molecule has 0 radical (unpaired) electrons. The molecule has 20 heavy (non-hydrogen) atoms. The van der Waals surface area contributed by atoms with Gasteiger partial charge in [-0.05, 0) is 32.8 Å². The Bertz CT molecular complexity index is 568. The maximum atomic E-state index is 5.95. The van der Waals surface area contributed by atoms with Gasteiger partial charge in [0.15, 0.2) is 0 Å². The van der Waals surface area contributed by atoms with Gasteiger partial charge in [-0.3, -0.25) is 0 Å². The van der Waals surface area contributed by atoms with Crippen LogP contribution in [-0.2, 0) is 0 Å². The van der Waals surface area contributed by atoms with Crippen molar-refractivity contribution < 1.29 is 4.74 Å². The molecular formula is C17H22BrNO. The Morgan fingerprint density at radius 2 is 1.85 bits per heavy atom. The first kappa shape index (κ1) is 15.3. The molecule has 0 heterocycles. The lowest BCUT2D eigenvalue weighted by molar-refractivity contribution is 0.252. The van der Waals surface area contributed by atoms with Crippen LogP contribution in [0.5, 0.6) is 5.75 Å². The average Bonchev–Trinajstić information content (AvgIpc) is 2.44. The van der Waals surface area contributed by atoms with Crippen molar-refractivity contribution in [2.45, 2.75) is 26.8 Å². The van der Waals surface area contributed by atoms with Gasteiger partial charge in [-0.2, -0.15) is 0 Å². The summed E-state index contributed by atoms with van der Waals surface area (Å²) < 4.78 is 6.99. The van der Waals surface area contributed by atoms with Gasteiger partial charge >= 0.3 is 0 Å². The van der Waals surface area contributed by atoms with Crippen molar-refractivity contribution >= 4 is 26.7 Å². The molecule has 0 saturated heterocycles. The summed E-state index contributed by atoms with van der Waals surface area (Å²) in [7, 11) is 0. The molecule has 0 saturated carbocycles. The predicted octanol–water partition coefficient (Wildman–Crippen LogP) is 4.62. The molecule has 3 heteroatoms. The van der Waals surface area contributed by atoms with Crippen molar-refractivity contribution in [3.05, 3.63) is 40.9 Å². The monoisotopic (exact) mass is 335 g/mol. The largest absolute Gasteiger partial charge is 0.492 e. The average molecular weight is 336 g/mol. The van der Waals surface area contributed by atoms with Gasteiger partial charge in [-0.25, -0.2) is 0 Å². The maximum Gasteiger partial charge on any atom is 0.134 e. The minimum Gasteiger partial charge on any atom is -0.492 e. The SMILES string of the molecule is CC(CNC(C)C)COc1ccc2ccccc2c1Br. The van der Waals surface area contributed by atoms with Gasteiger partial charge in [-0.15, -0.1) is 0 Å². The third-order valence-corrected chi connectivity index (χ3v) is 4.04. The lowest BCUT2D eigenvalue weighted by Crippen LogP contribution is -2.30. The number of hydrogen-bond acceptors (Lipinski definition) is 2. The van der Waals surface area contributed by atoms with Crippen molar-refractivity contribution in [1.82, 2.24) is 5.32 Å². The number of nitrogens with one attached hydrogen (secondary N) is 1. The normalized spacial score (nSPS) is 12.8. The van der Waals surface area contributed by atoms with Gasteiger partial charge < -0.3 is 10.1 Å². The van der Waals surface area contributed by atoms with Crippen LogP contribution in [0.1, 0.15) is 20.8 Å². The molecule has 108 valence electrons. The summed E-state index contributed by atoms with van der Waals surface area (Å²) in [5.41, 5.74) is 0. The highest BCUT2D eigenvalue weighted by Gasteiger charge is 2.08. The highest BCUT2D eigenvalue weighted by molar-refractivity contribution is 9.10. The highest BCUT2D eigenvalue weighted by Crippen LogP contribution is 2.33. The van der Waals surface area contributed by atoms with Crippen LogP contribution in [-0.4, -0.2) is 19.2 Å². The van der Waals surface area contributed by atoms with E-state index in [0.29, 0.717) is 12.0 Å². The zero-order valence-electron chi connectivity index (χ0n) is 12.3. The van der Waals surface area contributed by atoms with Crippen LogP contribution >= 0.6 is 15.9 Å². The topological polar surface area (TPSA) is 21.3 Å². The van der Waals surface area contributed by atoms with E-state index in [1.54, 1.807) is 0 Å². The number of hydrogen-bond donors (Lipinski definition) is 1. The van der Waals surface area contributed by atoms with E-state index in [-0.39, 0.29) is 0 Å². The van der Waals surface area contributed by atoms with Gasteiger partial charge in [0.05, 0.1) is 11.1 Å². The molecule has 0 aliphatic rings. The number of halogens is 1. The first-order chi connectivity index (χ1) is 9.58. The van der Waals surface area contributed by atoms with E-state index in [1.165, 1.54) is 10.8 Å². The van der Waals surface area contributed by atoms with E-state index in [9.17, 15) is 0 Å². The predicted molar refractivity (Wildman–Crippen MR) is 89.4 cm³/mol. The summed E-state index contributed by atoms with van der Waals surface area (Å²) >= 11 is 3.65. The molecule has 1 N–H and O–H groups in total. The zero-order valence-corrected chi connectivity index (χ0v) is 13.9. The summed E-state index contributed by atoms with van der Waals surface area (Å²) in [6, 6.07) is 13.0. The Morgan fingerprint density at radius 3 is 2.60 bits per heavy atom. The van der Waals surface area contributed by atoms with Crippen LogP contribution in [0.2, 0.25) is 0 Å². The minimum atomic E-state index is 0.482. The summed E-state index contributed by atoms with van der Waals surface area (Å²) in [4.78, 5) is 0. The van der Waals surface area contributed by atoms with Crippen LogP contribution < -0.4 is 10.1 Å². The van der Waals surface area contributed by atoms with E-state index in [2.05, 4.69) is 66.3 Å². The van der Waals surface area contributed by atoms with E-state index < -0.39 is 0 Å². The quantitative estimate of drug-likeness (QED) is 0.831. The van der Waals surface area contributed by atoms with E-state index in [1.807, 2.05) is 12.1 Å². The van der Waals surface area contributed by atoms with Crippen molar-refractivity contribution in [3.63, 3.8) is 0 Å². The second kappa shape index (κ2) is 7.09. The van der Waals surface area contributed by atoms with E-state index in [0.717, 1.165) is 23.4 Å². The molecule has 2 nitrogen and oxygen atoms in total. The molecule has 0 bridgehead atoms. The molecular weight excluding hydrogens is 314 g/mol. The Morgan fingerprint density at radius 1 is 1.10 bits per heavy atom. The molecule has 1 unspecified atom stereocenters. The first-order valence-electron chi connectivity index (χ1n) is 7.11. The molecule has 2 aromatic carbocycles. The van der Waals surface area contributed by atoms with Gasteiger partial charge in [-0.1, -0.05) is 51.1 Å². The smallest absolute Gasteiger partial charge is 0.134 e. The number of benzene rings is 2. The molecule has 0 aromatic heterocycles. The van der Waals surface area contributed by atoms with Crippen LogP contribution in [0.3, 0.4) is 0 Å². The summed E-state index contributed by atoms with van der Waals surface area (Å²) in [6.45, 7) is 8.21. The molecule has 0 amide bonds. The molecule has 0 aliphatic carbocycles. The third-order valence-electron chi connectivity index (χ3n) is 3.23. The van der Waals surface area contributed by atoms with Crippen LogP contribution in [0.4, 0.5) is 0 Å². The Kier molecular flexibility index (Phi) is 5.44. The molecule has 0 spiro atoms. The van der Waals surface area contributed by atoms with Crippen LogP contribution in [0.25, 0.3) is 10.8 Å². The number of fused-ring (bicyclic) bond motifs is 1. The molecule has 1 atom stereocenters. The number of rotatable bonds is 6. The fraction of sp³-hybridized carbons (Fsp3) is 0.412. The lowest BCUT2D eigenvalue weighted by atomic mass is 10.1. The Labute approximate surface area is 129 Å². The second-order valence-electron chi connectivity index (χ2n) is 5.58. The molecule has 0 aliphatic heterocycles. The fourth-order valence-electron chi connectivity index (χ4n) is 2.05. The standard InChI is InChI=1S/C17H22BrNO/c1-12(2)19-10-13(3)11-20-16-9-8-14-6-4-5-7-15(14)17(16)18/h4-9,12-13,19H,10-11H2,1-3H3. The molecule has 0 fully saturated rings. The minimum absolute atomic E-state index is 0.482. The lowest BCUT2D eigenvalue weighted by Gasteiger charge is -2.17. The first-order valence-corrected chi connectivity index (χ1v) is 7.90. The van der Waals surface area contributed by atoms with Gasteiger partial charge in [0, 0.05) is 18.5 Å². The maximum absolute atomic E-state index is 5.95. The van der Waals surface area contributed by atoms with E-state index >= 15 is 0 Å². The van der Waals surface area contributed by atoms with Crippen molar-refractivity contribution in [3.8, 4) is 5.75 Å². The Hall–Kier alpha value is -1.06. The highest BCUT2D eigenvalue weighted by atomic mass is 79.9.